The Kier molecular flexibility index (Phi) is 5.21. The Bertz CT molecular complexity index is 861. The number of rotatable bonds is 4. The highest BCUT2D eigenvalue weighted by Crippen LogP contribution is 2.23. The number of aromatic nitrogens is 2. The van der Waals surface area contributed by atoms with Crippen LogP contribution in [0.25, 0.3) is 0 Å². The van der Waals surface area contributed by atoms with Gasteiger partial charge in [-0.3, -0.25) is 0 Å². The monoisotopic (exact) mass is 385 g/mol. The van der Waals surface area contributed by atoms with Crippen LogP contribution >= 0.6 is 11.6 Å². The molecule has 9 heteroatoms. The molecule has 1 atom stereocenters. The Balaban J connectivity index is 1.88. The first-order valence-corrected chi connectivity index (χ1v) is 9.74. The molecular weight excluding hydrogens is 369 g/mol. The molecule has 25 heavy (non-hydrogen) atoms. The molecule has 0 unspecified atom stereocenters. The molecule has 0 amide bonds. The van der Waals surface area contributed by atoms with Crippen LogP contribution in [0.15, 0.2) is 35.2 Å². The van der Waals surface area contributed by atoms with Crippen LogP contribution < -0.4 is 4.90 Å². The Morgan fingerprint density at radius 3 is 2.72 bits per heavy atom. The summed E-state index contributed by atoms with van der Waals surface area (Å²) in [6.07, 6.45) is 0. The van der Waals surface area contributed by atoms with Gasteiger partial charge >= 0.3 is 0 Å². The number of hydrogen-bond donors (Lipinski definition) is 0. The van der Waals surface area contributed by atoms with Gasteiger partial charge in [-0.1, -0.05) is 0 Å². The summed E-state index contributed by atoms with van der Waals surface area (Å²) in [5.41, 5.74) is 0.290. The molecule has 3 rings (SSSR count). The number of benzene rings is 1. The van der Waals surface area contributed by atoms with Crippen molar-refractivity contribution >= 4 is 27.3 Å². The van der Waals surface area contributed by atoms with E-state index in [1.165, 1.54) is 12.1 Å². The molecule has 0 spiro atoms. The third-order valence-electron chi connectivity index (χ3n) is 3.91. The standard InChI is InChI=1S/C16H17ClFN3O3S/c1-11-9-24-7-6-21(11)15-8-13(19-16(17)20-15)10-25(22,23)14-4-2-12(18)3-5-14/h2-5,8,11H,6-7,9-10H2,1H3/t11-/m0/s1. The lowest BCUT2D eigenvalue weighted by atomic mass is 10.2. The summed E-state index contributed by atoms with van der Waals surface area (Å²) in [5, 5.41) is -0.0134. The smallest absolute Gasteiger partial charge is 0.224 e. The molecule has 1 aliphatic heterocycles. The zero-order valence-corrected chi connectivity index (χ0v) is 15.1. The van der Waals surface area contributed by atoms with Crippen molar-refractivity contribution in [3.8, 4) is 0 Å². The number of hydrogen-bond acceptors (Lipinski definition) is 6. The minimum Gasteiger partial charge on any atom is -0.377 e. The molecule has 1 fully saturated rings. The minimum atomic E-state index is -3.67. The van der Waals surface area contributed by atoms with Crippen molar-refractivity contribution in [2.24, 2.45) is 0 Å². The van der Waals surface area contributed by atoms with E-state index in [9.17, 15) is 12.8 Å². The second-order valence-corrected chi connectivity index (χ2v) is 8.14. The van der Waals surface area contributed by atoms with Gasteiger partial charge in [-0.25, -0.2) is 22.8 Å². The highest BCUT2D eigenvalue weighted by molar-refractivity contribution is 7.90. The third kappa shape index (κ3) is 4.26. The first kappa shape index (κ1) is 18.0. The van der Waals surface area contributed by atoms with E-state index in [2.05, 4.69) is 9.97 Å². The number of anilines is 1. The van der Waals surface area contributed by atoms with Gasteiger partial charge in [-0.15, -0.1) is 0 Å². The Morgan fingerprint density at radius 1 is 1.32 bits per heavy atom. The molecule has 0 radical (unpaired) electrons. The van der Waals surface area contributed by atoms with Crippen molar-refractivity contribution in [2.45, 2.75) is 23.6 Å². The second-order valence-electron chi connectivity index (χ2n) is 5.82. The summed E-state index contributed by atoms with van der Waals surface area (Å²) in [5.74, 6) is -0.264. The third-order valence-corrected chi connectivity index (χ3v) is 5.75. The molecule has 1 aromatic carbocycles. The van der Waals surface area contributed by atoms with Crippen LogP contribution in [0.4, 0.5) is 10.2 Å². The molecular formula is C16H17ClFN3O3S. The van der Waals surface area contributed by atoms with Crippen molar-refractivity contribution in [1.29, 1.82) is 0 Å². The van der Waals surface area contributed by atoms with Crippen molar-refractivity contribution in [2.75, 3.05) is 24.7 Å². The zero-order chi connectivity index (χ0) is 18.0. The summed E-state index contributed by atoms with van der Waals surface area (Å²) in [6.45, 7) is 3.75. The first-order valence-electron chi connectivity index (χ1n) is 7.71. The normalized spacial score (nSPS) is 18.4. The molecule has 1 aromatic heterocycles. The van der Waals surface area contributed by atoms with Gasteiger partial charge in [0.05, 0.1) is 35.6 Å². The van der Waals surface area contributed by atoms with Crippen LogP contribution in [0.3, 0.4) is 0 Å². The fraction of sp³-hybridized carbons (Fsp3) is 0.375. The van der Waals surface area contributed by atoms with Gasteiger partial charge in [-0.05, 0) is 42.8 Å². The molecule has 0 saturated carbocycles. The van der Waals surface area contributed by atoms with E-state index >= 15 is 0 Å². The number of nitrogens with zero attached hydrogens (tertiary/aromatic N) is 3. The predicted octanol–water partition coefficient (Wildman–Crippen LogP) is 2.47. The lowest BCUT2D eigenvalue weighted by molar-refractivity contribution is 0.0985. The van der Waals surface area contributed by atoms with Crippen molar-refractivity contribution in [1.82, 2.24) is 9.97 Å². The lowest BCUT2D eigenvalue weighted by Crippen LogP contribution is -2.44. The van der Waals surface area contributed by atoms with E-state index in [0.717, 1.165) is 12.1 Å². The van der Waals surface area contributed by atoms with Gasteiger partial charge in [0.1, 0.15) is 11.6 Å². The highest BCUT2D eigenvalue weighted by atomic mass is 35.5. The average Bonchev–Trinajstić information content (AvgIpc) is 2.54. The summed E-state index contributed by atoms with van der Waals surface area (Å²) < 4.78 is 43.4. The zero-order valence-electron chi connectivity index (χ0n) is 13.5. The van der Waals surface area contributed by atoms with Gasteiger partial charge in [0.2, 0.25) is 5.28 Å². The van der Waals surface area contributed by atoms with Gasteiger partial charge < -0.3 is 9.64 Å². The number of morpholine rings is 1. The van der Waals surface area contributed by atoms with E-state index in [1.54, 1.807) is 6.07 Å². The maximum Gasteiger partial charge on any atom is 0.224 e. The van der Waals surface area contributed by atoms with Crippen LogP contribution in [-0.4, -0.2) is 44.2 Å². The SMILES string of the molecule is C[C@H]1COCCN1c1cc(CS(=O)(=O)c2ccc(F)cc2)nc(Cl)n1. The van der Waals surface area contributed by atoms with Crippen LogP contribution in [0.2, 0.25) is 5.28 Å². The molecule has 0 N–H and O–H groups in total. The van der Waals surface area contributed by atoms with Gasteiger partial charge in [0.15, 0.2) is 9.84 Å². The van der Waals surface area contributed by atoms with Crippen molar-refractivity contribution < 1.29 is 17.5 Å². The Morgan fingerprint density at radius 2 is 2.04 bits per heavy atom. The van der Waals surface area contributed by atoms with Crippen LogP contribution in [0.1, 0.15) is 12.6 Å². The largest absolute Gasteiger partial charge is 0.377 e. The highest BCUT2D eigenvalue weighted by Gasteiger charge is 2.23. The molecule has 0 aliphatic carbocycles. The fourth-order valence-electron chi connectivity index (χ4n) is 2.66. The minimum absolute atomic E-state index is 0.0134. The van der Waals surface area contributed by atoms with E-state index in [1.807, 2.05) is 11.8 Å². The van der Waals surface area contributed by atoms with E-state index in [0.29, 0.717) is 25.6 Å². The van der Waals surface area contributed by atoms with Crippen LogP contribution in [0.5, 0.6) is 0 Å². The van der Waals surface area contributed by atoms with Gasteiger partial charge in [-0.2, -0.15) is 0 Å². The molecule has 2 heterocycles. The predicted molar refractivity (Wildman–Crippen MR) is 92.0 cm³/mol. The quantitative estimate of drug-likeness (QED) is 0.594. The summed E-state index contributed by atoms with van der Waals surface area (Å²) in [7, 11) is -3.67. The molecule has 1 saturated heterocycles. The van der Waals surface area contributed by atoms with E-state index in [4.69, 9.17) is 16.3 Å². The van der Waals surface area contributed by atoms with Crippen molar-refractivity contribution in [3.63, 3.8) is 0 Å². The number of halogens is 2. The van der Waals surface area contributed by atoms with Gasteiger partial charge in [0.25, 0.3) is 0 Å². The van der Waals surface area contributed by atoms with E-state index < -0.39 is 15.7 Å². The fourth-order valence-corrected chi connectivity index (χ4v) is 4.11. The van der Waals surface area contributed by atoms with E-state index in [-0.39, 0.29) is 27.7 Å². The van der Waals surface area contributed by atoms with Crippen LogP contribution in [-0.2, 0) is 20.3 Å². The second kappa shape index (κ2) is 7.23. The summed E-state index contributed by atoms with van der Waals surface area (Å²) in [6, 6.07) is 6.41. The average molecular weight is 386 g/mol. The summed E-state index contributed by atoms with van der Waals surface area (Å²) >= 11 is 5.99. The first-order chi connectivity index (χ1) is 11.8. The topological polar surface area (TPSA) is 72.4 Å². The number of sulfone groups is 1. The maximum absolute atomic E-state index is 13.0. The Labute approximate surface area is 150 Å². The molecule has 1 aliphatic rings. The maximum atomic E-state index is 13.0. The number of ether oxygens (including phenoxy) is 1. The molecule has 2 aromatic rings. The lowest BCUT2D eigenvalue weighted by Gasteiger charge is -2.34. The molecule has 134 valence electrons. The molecule has 0 bridgehead atoms. The Hall–Kier alpha value is -1.77. The summed E-state index contributed by atoms with van der Waals surface area (Å²) in [4.78, 5) is 10.3. The van der Waals surface area contributed by atoms with Crippen molar-refractivity contribution in [3.05, 3.63) is 47.1 Å². The van der Waals surface area contributed by atoms with Crippen LogP contribution in [0, 0.1) is 5.82 Å². The van der Waals surface area contributed by atoms with Gasteiger partial charge in [0, 0.05) is 12.6 Å². The molecule has 6 nitrogen and oxygen atoms in total.